The van der Waals surface area contributed by atoms with Crippen LogP contribution in [0.4, 0.5) is 15.8 Å². The first kappa shape index (κ1) is 24.6. The number of aliphatic hydroxyl groups excluding tert-OH is 2. The van der Waals surface area contributed by atoms with Gasteiger partial charge in [0.15, 0.2) is 0 Å². The van der Waals surface area contributed by atoms with E-state index in [-0.39, 0.29) is 24.3 Å². The highest BCUT2D eigenvalue weighted by atomic mass is 35.5. The number of halogens is 2. The normalized spacial score (nSPS) is 12.3. The topological polar surface area (TPSA) is 107 Å². The fourth-order valence-electron chi connectivity index (χ4n) is 3.19. The number of amides is 1. The van der Waals surface area contributed by atoms with E-state index in [9.17, 15) is 19.4 Å². The maximum atomic E-state index is 14.5. The lowest BCUT2D eigenvalue weighted by atomic mass is 9.85. The van der Waals surface area contributed by atoms with E-state index in [1.807, 2.05) is 13.8 Å². The van der Waals surface area contributed by atoms with Crippen LogP contribution < -0.4 is 10.6 Å². The summed E-state index contributed by atoms with van der Waals surface area (Å²) >= 11 is 6.06. The molecule has 0 saturated heterocycles. The van der Waals surface area contributed by atoms with Crippen molar-refractivity contribution in [3.8, 4) is 11.3 Å². The van der Waals surface area contributed by atoms with Gasteiger partial charge in [0.1, 0.15) is 5.82 Å². The number of nitrogens with zero attached hydrogens (tertiary/aromatic N) is 2. The molecule has 0 fully saturated rings. The highest BCUT2D eigenvalue weighted by Gasteiger charge is 2.25. The third-order valence-corrected chi connectivity index (χ3v) is 5.36. The third-order valence-electron chi connectivity index (χ3n) is 5.13. The molecule has 1 amide bonds. The lowest BCUT2D eigenvalue weighted by Gasteiger charge is -2.26. The summed E-state index contributed by atoms with van der Waals surface area (Å²) in [5.41, 5.74) is 1.80. The highest BCUT2D eigenvalue weighted by molar-refractivity contribution is 6.30. The zero-order valence-electron chi connectivity index (χ0n) is 18.6. The molecule has 0 bridgehead atoms. The van der Waals surface area contributed by atoms with Crippen LogP contribution in [0.5, 0.6) is 0 Å². The van der Waals surface area contributed by atoms with Gasteiger partial charge in [0, 0.05) is 52.4 Å². The van der Waals surface area contributed by atoms with Crippen LogP contribution in [0.1, 0.15) is 36.7 Å². The molecule has 1 unspecified atom stereocenters. The molecule has 0 aliphatic rings. The number of aromatic nitrogens is 2. The summed E-state index contributed by atoms with van der Waals surface area (Å²) in [4.78, 5) is 21.1. The molecular formula is C24H26ClFN4O3. The van der Waals surface area contributed by atoms with Crippen LogP contribution in [0.25, 0.3) is 11.3 Å². The number of rotatable bonds is 8. The Bertz CT molecular complexity index is 1150. The van der Waals surface area contributed by atoms with Gasteiger partial charge in [-0.15, -0.1) is 0 Å². The van der Waals surface area contributed by atoms with Gasteiger partial charge in [0.05, 0.1) is 29.7 Å². The number of hydrogen-bond donors (Lipinski definition) is 4. The van der Waals surface area contributed by atoms with Crippen molar-refractivity contribution in [2.24, 2.45) is 0 Å². The molecule has 0 aliphatic carbocycles. The second-order valence-corrected chi connectivity index (χ2v) is 8.82. The summed E-state index contributed by atoms with van der Waals surface area (Å²) in [6.45, 7) is 5.18. The van der Waals surface area contributed by atoms with Crippen LogP contribution in [0.15, 0.2) is 48.9 Å². The number of nitrogens with one attached hydrogen (secondary N) is 2. The second-order valence-electron chi connectivity index (χ2n) is 8.39. The van der Waals surface area contributed by atoms with Gasteiger partial charge in [-0.2, -0.15) is 0 Å². The fourth-order valence-corrected chi connectivity index (χ4v) is 3.36. The monoisotopic (exact) mass is 472 g/mol. The molecule has 3 aromatic rings. The molecule has 174 valence electrons. The smallest absolute Gasteiger partial charge is 0.255 e. The average molecular weight is 473 g/mol. The summed E-state index contributed by atoms with van der Waals surface area (Å²) in [6.07, 6.45) is 3.82. The Morgan fingerprint density at radius 3 is 2.67 bits per heavy atom. The van der Waals surface area contributed by atoms with Gasteiger partial charge in [0.25, 0.3) is 5.91 Å². The molecule has 0 spiro atoms. The van der Waals surface area contributed by atoms with Crippen LogP contribution in [-0.2, 0) is 5.41 Å². The van der Waals surface area contributed by atoms with E-state index < -0.39 is 23.2 Å². The van der Waals surface area contributed by atoms with Crippen molar-refractivity contribution in [3.05, 3.63) is 70.9 Å². The number of aliphatic hydroxyl groups is 2. The minimum atomic E-state index is -0.700. The molecule has 1 aromatic carbocycles. The average Bonchev–Trinajstić information content (AvgIpc) is 2.79. The van der Waals surface area contributed by atoms with Gasteiger partial charge < -0.3 is 20.8 Å². The Morgan fingerprint density at radius 1 is 1.21 bits per heavy atom. The van der Waals surface area contributed by atoms with Crippen molar-refractivity contribution >= 4 is 28.9 Å². The summed E-state index contributed by atoms with van der Waals surface area (Å²) in [6, 6.07) is 7.50. The minimum Gasteiger partial charge on any atom is -0.395 e. The lowest BCUT2D eigenvalue weighted by molar-refractivity contribution is 0.0924. The predicted octanol–water partition coefficient (Wildman–Crippen LogP) is 4.06. The van der Waals surface area contributed by atoms with E-state index in [2.05, 4.69) is 20.6 Å². The number of carbonyl (C=O) groups is 1. The summed E-state index contributed by atoms with van der Waals surface area (Å²) in [7, 11) is 0. The van der Waals surface area contributed by atoms with Gasteiger partial charge >= 0.3 is 0 Å². The minimum absolute atomic E-state index is 0.0867. The molecular weight excluding hydrogens is 447 g/mol. The number of carbonyl (C=O) groups excluding carboxylic acids is 1. The molecule has 0 radical (unpaired) electrons. The summed E-state index contributed by atoms with van der Waals surface area (Å²) < 4.78 is 14.5. The van der Waals surface area contributed by atoms with E-state index in [0.717, 1.165) is 0 Å². The fraction of sp³-hybridized carbons (Fsp3) is 0.292. The Labute approximate surface area is 196 Å². The van der Waals surface area contributed by atoms with E-state index in [1.165, 1.54) is 30.6 Å². The van der Waals surface area contributed by atoms with Crippen LogP contribution in [0.3, 0.4) is 0 Å². The Morgan fingerprint density at radius 2 is 1.97 bits per heavy atom. The van der Waals surface area contributed by atoms with Crippen LogP contribution in [0.2, 0.25) is 5.02 Å². The third kappa shape index (κ3) is 5.84. The molecule has 1 atom stereocenters. The molecule has 7 nitrogen and oxygen atoms in total. The standard InChI is InChI=1S/C24H26ClFN4O3/c1-14(32)10-29-23(33)17-11-27-7-6-20(17)30-22-9-21(16-8-15(25)4-5-19(16)26)28-12-18(22)24(2,3)13-31/h4-9,11-12,14,31-32H,10,13H2,1-3H3,(H,29,33)(H,27,28,30). The molecule has 0 saturated carbocycles. The van der Waals surface area contributed by atoms with Crippen molar-refractivity contribution in [3.63, 3.8) is 0 Å². The quantitative estimate of drug-likeness (QED) is 0.394. The first-order valence-electron chi connectivity index (χ1n) is 10.4. The number of hydrogen-bond acceptors (Lipinski definition) is 6. The van der Waals surface area contributed by atoms with Gasteiger partial charge in [-0.25, -0.2) is 4.39 Å². The van der Waals surface area contributed by atoms with E-state index in [0.29, 0.717) is 27.7 Å². The summed E-state index contributed by atoms with van der Waals surface area (Å²) in [5, 5.41) is 25.6. The van der Waals surface area contributed by atoms with Gasteiger partial charge in [-0.3, -0.25) is 14.8 Å². The largest absolute Gasteiger partial charge is 0.395 e. The Hall–Kier alpha value is -3.07. The van der Waals surface area contributed by atoms with Gasteiger partial charge in [-0.05, 0) is 37.3 Å². The maximum absolute atomic E-state index is 14.5. The van der Waals surface area contributed by atoms with Crippen LogP contribution in [-0.4, -0.2) is 45.3 Å². The van der Waals surface area contributed by atoms with E-state index in [1.54, 1.807) is 25.3 Å². The first-order chi connectivity index (χ1) is 15.6. The maximum Gasteiger partial charge on any atom is 0.255 e. The van der Waals surface area contributed by atoms with Crippen molar-refractivity contribution < 1.29 is 19.4 Å². The van der Waals surface area contributed by atoms with Gasteiger partial charge in [-0.1, -0.05) is 25.4 Å². The van der Waals surface area contributed by atoms with Crippen LogP contribution in [0, 0.1) is 5.82 Å². The zero-order valence-corrected chi connectivity index (χ0v) is 19.3. The van der Waals surface area contributed by atoms with Crippen LogP contribution >= 0.6 is 11.6 Å². The Kier molecular flexibility index (Phi) is 7.63. The first-order valence-corrected chi connectivity index (χ1v) is 10.7. The number of pyridine rings is 2. The van der Waals surface area contributed by atoms with Crippen molar-refractivity contribution in [1.29, 1.82) is 0 Å². The molecule has 4 N–H and O–H groups in total. The number of anilines is 2. The Balaban J connectivity index is 2.08. The van der Waals surface area contributed by atoms with Crippen molar-refractivity contribution in [2.45, 2.75) is 32.3 Å². The predicted molar refractivity (Wildman–Crippen MR) is 126 cm³/mol. The molecule has 2 aromatic heterocycles. The lowest BCUT2D eigenvalue weighted by Crippen LogP contribution is -2.31. The molecule has 9 heteroatoms. The van der Waals surface area contributed by atoms with Gasteiger partial charge in [0.2, 0.25) is 0 Å². The SMILES string of the molecule is CC(O)CNC(=O)c1cnccc1Nc1cc(-c2cc(Cl)ccc2F)ncc1C(C)(C)CO. The summed E-state index contributed by atoms with van der Waals surface area (Å²) in [5.74, 6) is -0.890. The molecule has 33 heavy (non-hydrogen) atoms. The number of benzene rings is 1. The van der Waals surface area contributed by atoms with Crippen molar-refractivity contribution in [1.82, 2.24) is 15.3 Å². The molecule has 0 aliphatic heterocycles. The van der Waals surface area contributed by atoms with E-state index >= 15 is 0 Å². The zero-order chi connectivity index (χ0) is 24.2. The molecule has 3 rings (SSSR count). The van der Waals surface area contributed by atoms with Crippen molar-refractivity contribution in [2.75, 3.05) is 18.5 Å². The highest BCUT2D eigenvalue weighted by Crippen LogP contribution is 2.35. The van der Waals surface area contributed by atoms with E-state index in [4.69, 9.17) is 11.6 Å². The second kappa shape index (κ2) is 10.2. The molecule has 2 heterocycles.